The van der Waals surface area contributed by atoms with Gasteiger partial charge in [0.05, 0.1) is 15.5 Å². The van der Waals surface area contributed by atoms with Crippen LogP contribution >= 0.6 is 0 Å². The maximum Gasteiger partial charge on any atom is 0.312 e. The van der Waals surface area contributed by atoms with Crippen LogP contribution in [0.1, 0.15) is 0 Å². The number of nitrogens with zero attached hydrogens (tertiary/aromatic N) is 1. The highest BCUT2D eigenvalue weighted by atomic mass is 32.2. The molecule has 3 rings (SSSR count). The predicted molar refractivity (Wildman–Crippen MR) is 78.1 cm³/mol. The first kappa shape index (κ1) is 14.9. The van der Waals surface area contributed by atoms with Gasteiger partial charge in [-0.2, -0.15) is 0 Å². The van der Waals surface area contributed by atoms with Crippen molar-refractivity contribution in [3.8, 4) is 17.2 Å². The summed E-state index contributed by atoms with van der Waals surface area (Å²) < 4.78 is 37.2. The van der Waals surface area contributed by atoms with Crippen LogP contribution in [0, 0.1) is 10.1 Å². The Morgan fingerprint density at radius 2 is 1.87 bits per heavy atom. The number of hydrogen-bond donors (Lipinski definition) is 2. The number of nitrogens with one attached hydrogen (secondary N) is 1. The molecule has 0 saturated heterocycles. The van der Waals surface area contributed by atoms with Gasteiger partial charge >= 0.3 is 5.69 Å². The Bertz CT molecular complexity index is 895. The number of phenolic OH excluding ortho intramolecular Hbond substituents is 1. The first-order chi connectivity index (χ1) is 10.9. The van der Waals surface area contributed by atoms with Gasteiger partial charge in [-0.05, 0) is 24.3 Å². The SMILES string of the molecule is O=[N+]([O-])c1cc(S(=O)(=O)Nc2ccc3c(c2)OCO3)ccc1O. The van der Waals surface area contributed by atoms with Crippen molar-refractivity contribution < 1.29 is 27.9 Å². The highest BCUT2D eigenvalue weighted by Gasteiger charge is 2.22. The Balaban J connectivity index is 1.93. The molecule has 0 saturated carbocycles. The molecule has 0 unspecified atom stereocenters. The van der Waals surface area contributed by atoms with Gasteiger partial charge in [0.1, 0.15) is 0 Å². The average Bonchev–Trinajstić information content (AvgIpc) is 2.94. The standard InChI is InChI=1S/C13H10N2O7S/c16-11-3-2-9(6-10(11)15(17)18)23(19,20)14-8-1-4-12-13(5-8)22-7-21-12/h1-6,14,16H,7H2. The number of nitro benzene ring substituents is 1. The Morgan fingerprint density at radius 1 is 1.13 bits per heavy atom. The van der Waals surface area contributed by atoms with Crippen molar-refractivity contribution in [2.24, 2.45) is 0 Å². The molecule has 0 radical (unpaired) electrons. The molecule has 23 heavy (non-hydrogen) atoms. The minimum absolute atomic E-state index is 0.0513. The van der Waals surface area contributed by atoms with Crippen molar-refractivity contribution in [1.82, 2.24) is 0 Å². The summed E-state index contributed by atoms with van der Waals surface area (Å²) >= 11 is 0. The Morgan fingerprint density at radius 3 is 2.61 bits per heavy atom. The number of aromatic hydroxyl groups is 1. The van der Waals surface area contributed by atoms with E-state index < -0.39 is 26.4 Å². The van der Waals surface area contributed by atoms with E-state index in [4.69, 9.17) is 9.47 Å². The summed E-state index contributed by atoms with van der Waals surface area (Å²) in [6.45, 7) is 0.0513. The summed E-state index contributed by atoms with van der Waals surface area (Å²) in [7, 11) is -4.07. The summed E-state index contributed by atoms with van der Waals surface area (Å²) in [5.41, 5.74) is -0.483. The summed E-state index contributed by atoms with van der Waals surface area (Å²) in [4.78, 5) is 9.57. The number of ether oxygens (including phenoxy) is 2. The number of hydrogen-bond acceptors (Lipinski definition) is 7. The van der Waals surface area contributed by atoms with Crippen LogP contribution in [-0.2, 0) is 10.0 Å². The van der Waals surface area contributed by atoms with Gasteiger partial charge in [-0.15, -0.1) is 0 Å². The third-order valence-corrected chi connectivity index (χ3v) is 4.46. The molecular weight excluding hydrogens is 328 g/mol. The molecule has 2 N–H and O–H groups in total. The molecule has 1 heterocycles. The summed E-state index contributed by atoms with van der Waals surface area (Å²) in [6.07, 6.45) is 0. The van der Waals surface area contributed by atoms with Gasteiger partial charge in [0.2, 0.25) is 6.79 Å². The van der Waals surface area contributed by atoms with E-state index in [9.17, 15) is 23.6 Å². The average molecular weight is 338 g/mol. The molecule has 0 amide bonds. The number of sulfonamides is 1. The fourth-order valence-electron chi connectivity index (χ4n) is 1.99. The van der Waals surface area contributed by atoms with Gasteiger partial charge in [0, 0.05) is 12.1 Å². The lowest BCUT2D eigenvalue weighted by molar-refractivity contribution is -0.386. The van der Waals surface area contributed by atoms with E-state index in [2.05, 4.69) is 4.72 Å². The maximum atomic E-state index is 12.3. The van der Waals surface area contributed by atoms with Crippen LogP contribution in [0.15, 0.2) is 41.3 Å². The lowest BCUT2D eigenvalue weighted by Gasteiger charge is -2.09. The van der Waals surface area contributed by atoms with Crippen LogP contribution in [-0.4, -0.2) is 25.2 Å². The molecule has 1 aliphatic rings. The monoisotopic (exact) mass is 338 g/mol. The van der Waals surface area contributed by atoms with Gasteiger partial charge in [0.15, 0.2) is 17.2 Å². The fourth-order valence-corrected chi connectivity index (χ4v) is 3.06. The van der Waals surface area contributed by atoms with Gasteiger partial charge in [-0.25, -0.2) is 8.42 Å². The normalized spacial score (nSPS) is 12.9. The predicted octanol–water partition coefficient (Wildman–Crippen LogP) is 1.83. The minimum Gasteiger partial charge on any atom is -0.502 e. The molecule has 1 aliphatic heterocycles. The lowest BCUT2D eigenvalue weighted by Crippen LogP contribution is -2.13. The molecule has 2 aromatic carbocycles. The molecule has 10 heteroatoms. The van der Waals surface area contributed by atoms with E-state index in [-0.39, 0.29) is 17.4 Å². The zero-order valence-electron chi connectivity index (χ0n) is 11.4. The van der Waals surface area contributed by atoms with E-state index in [0.29, 0.717) is 11.5 Å². The van der Waals surface area contributed by atoms with Crippen LogP contribution < -0.4 is 14.2 Å². The minimum atomic E-state index is -4.07. The molecule has 0 atom stereocenters. The summed E-state index contributed by atoms with van der Waals surface area (Å²) in [5.74, 6) is 0.270. The number of fused-ring (bicyclic) bond motifs is 1. The molecular formula is C13H10N2O7S. The summed E-state index contributed by atoms with van der Waals surface area (Å²) in [6, 6.07) is 7.25. The highest BCUT2D eigenvalue weighted by molar-refractivity contribution is 7.92. The Hall–Kier alpha value is -3.01. The third-order valence-electron chi connectivity index (χ3n) is 3.08. The van der Waals surface area contributed by atoms with Gasteiger partial charge < -0.3 is 14.6 Å². The number of phenols is 1. The first-order valence-corrected chi connectivity index (χ1v) is 7.75. The van der Waals surface area contributed by atoms with Crippen molar-refractivity contribution >= 4 is 21.4 Å². The molecule has 0 fully saturated rings. The smallest absolute Gasteiger partial charge is 0.312 e. The number of anilines is 1. The highest BCUT2D eigenvalue weighted by Crippen LogP contribution is 2.35. The van der Waals surface area contributed by atoms with E-state index in [1.807, 2.05) is 0 Å². The van der Waals surface area contributed by atoms with E-state index in [1.165, 1.54) is 12.1 Å². The quantitative estimate of drug-likeness (QED) is 0.643. The van der Waals surface area contributed by atoms with Crippen LogP contribution in [0.4, 0.5) is 11.4 Å². The third kappa shape index (κ3) is 2.83. The molecule has 0 aliphatic carbocycles. The van der Waals surface area contributed by atoms with Crippen molar-refractivity contribution in [3.63, 3.8) is 0 Å². The molecule has 2 aromatic rings. The second-order valence-electron chi connectivity index (χ2n) is 4.58. The van der Waals surface area contributed by atoms with E-state index in [0.717, 1.165) is 18.2 Å². The van der Waals surface area contributed by atoms with Crippen molar-refractivity contribution in [2.75, 3.05) is 11.5 Å². The number of rotatable bonds is 4. The zero-order valence-corrected chi connectivity index (χ0v) is 12.2. The Kier molecular flexibility index (Phi) is 3.45. The van der Waals surface area contributed by atoms with E-state index in [1.54, 1.807) is 6.07 Å². The fraction of sp³-hybridized carbons (Fsp3) is 0.0769. The van der Waals surface area contributed by atoms with Crippen molar-refractivity contribution in [1.29, 1.82) is 0 Å². The summed E-state index contributed by atoms with van der Waals surface area (Å²) in [5, 5.41) is 20.2. The molecule has 0 aromatic heterocycles. The molecule has 9 nitrogen and oxygen atoms in total. The molecule has 120 valence electrons. The van der Waals surface area contributed by atoms with Gasteiger partial charge in [-0.3, -0.25) is 14.8 Å². The van der Waals surface area contributed by atoms with Crippen LogP contribution in [0.5, 0.6) is 17.2 Å². The van der Waals surface area contributed by atoms with Crippen molar-refractivity contribution in [3.05, 3.63) is 46.5 Å². The molecule has 0 spiro atoms. The van der Waals surface area contributed by atoms with Crippen LogP contribution in [0.25, 0.3) is 0 Å². The van der Waals surface area contributed by atoms with Crippen LogP contribution in [0.3, 0.4) is 0 Å². The largest absolute Gasteiger partial charge is 0.502 e. The number of benzene rings is 2. The topological polar surface area (TPSA) is 128 Å². The number of nitro groups is 1. The first-order valence-electron chi connectivity index (χ1n) is 6.27. The van der Waals surface area contributed by atoms with Gasteiger partial charge in [0.25, 0.3) is 10.0 Å². The Labute approximate surface area is 130 Å². The maximum absolute atomic E-state index is 12.3. The zero-order chi connectivity index (χ0) is 16.6. The van der Waals surface area contributed by atoms with Gasteiger partial charge in [-0.1, -0.05) is 0 Å². The second-order valence-corrected chi connectivity index (χ2v) is 6.26. The van der Waals surface area contributed by atoms with Crippen molar-refractivity contribution in [2.45, 2.75) is 4.90 Å². The second kappa shape index (κ2) is 5.32. The van der Waals surface area contributed by atoms with E-state index >= 15 is 0 Å². The lowest BCUT2D eigenvalue weighted by atomic mass is 10.3. The van der Waals surface area contributed by atoms with Crippen LogP contribution in [0.2, 0.25) is 0 Å². The molecule has 0 bridgehead atoms.